The van der Waals surface area contributed by atoms with Crippen molar-refractivity contribution in [3.05, 3.63) is 0 Å². The summed E-state index contributed by atoms with van der Waals surface area (Å²) in [6.07, 6.45) is 11.3. The molecular weight excluding hydrogens is 196 g/mol. The van der Waals surface area contributed by atoms with Crippen LogP contribution in [-0.2, 0) is 0 Å². The van der Waals surface area contributed by atoms with Crippen molar-refractivity contribution >= 4 is 0 Å². The Morgan fingerprint density at radius 1 is 1.06 bits per heavy atom. The molecule has 2 nitrogen and oxygen atoms in total. The second-order valence-corrected chi connectivity index (χ2v) is 5.72. The van der Waals surface area contributed by atoms with E-state index in [1.54, 1.807) is 0 Å². The number of rotatable bonds is 5. The molecule has 2 rings (SSSR count). The molecule has 2 saturated carbocycles. The first-order chi connectivity index (χ1) is 7.81. The molecule has 2 atom stereocenters. The summed E-state index contributed by atoms with van der Waals surface area (Å²) in [5.74, 6) is 0. The van der Waals surface area contributed by atoms with Gasteiger partial charge in [-0.05, 0) is 52.1 Å². The first-order valence-electron chi connectivity index (χ1n) is 7.26. The molecule has 2 heteroatoms. The lowest BCUT2D eigenvalue weighted by molar-refractivity contribution is 0.175. The van der Waals surface area contributed by atoms with E-state index in [0.717, 1.165) is 18.1 Å². The highest BCUT2D eigenvalue weighted by Crippen LogP contribution is 2.30. The number of nitrogens with zero attached hydrogens (tertiary/aromatic N) is 1. The van der Waals surface area contributed by atoms with Gasteiger partial charge in [-0.1, -0.05) is 19.8 Å². The van der Waals surface area contributed by atoms with E-state index in [0.29, 0.717) is 0 Å². The van der Waals surface area contributed by atoms with Crippen LogP contribution in [0.15, 0.2) is 0 Å². The first-order valence-corrected chi connectivity index (χ1v) is 7.26. The fraction of sp³-hybridized carbons (Fsp3) is 1.00. The minimum absolute atomic E-state index is 0.800. The summed E-state index contributed by atoms with van der Waals surface area (Å²) in [5, 5.41) is 3.68. The van der Waals surface area contributed by atoms with Gasteiger partial charge >= 0.3 is 0 Å². The number of hydrogen-bond acceptors (Lipinski definition) is 2. The SMILES string of the molecule is CCCNC1CCC(N(C)C2CCCC2)C1. The van der Waals surface area contributed by atoms with Gasteiger partial charge in [0.25, 0.3) is 0 Å². The van der Waals surface area contributed by atoms with Gasteiger partial charge in [0, 0.05) is 18.1 Å². The quantitative estimate of drug-likeness (QED) is 0.772. The van der Waals surface area contributed by atoms with Crippen molar-refractivity contribution in [2.75, 3.05) is 13.6 Å². The maximum atomic E-state index is 3.68. The molecule has 0 spiro atoms. The summed E-state index contributed by atoms with van der Waals surface area (Å²) < 4.78 is 0. The zero-order valence-electron chi connectivity index (χ0n) is 11.0. The van der Waals surface area contributed by atoms with E-state index < -0.39 is 0 Å². The molecule has 0 amide bonds. The molecule has 0 heterocycles. The summed E-state index contributed by atoms with van der Waals surface area (Å²) in [7, 11) is 2.36. The van der Waals surface area contributed by atoms with Crippen LogP contribution in [0.2, 0.25) is 0 Å². The van der Waals surface area contributed by atoms with Gasteiger partial charge in [-0.3, -0.25) is 0 Å². The van der Waals surface area contributed by atoms with Gasteiger partial charge in [-0.25, -0.2) is 0 Å². The van der Waals surface area contributed by atoms with Crippen LogP contribution in [0.1, 0.15) is 58.3 Å². The molecule has 0 bridgehead atoms. The van der Waals surface area contributed by atoms with Crippen LogP contribution < -0.4 is 5.32 Å². The van der Waals surface area contributed by atoms with Crippen molar-refractivity contribution in [2.45, 2.75) is 76.4 Å². The van der Waals surface area contributed by atoms with Crippen LogP contribution in [-0.4, -0.2) is 36.6 Å². The number of hydrogen-bond donors (Lipinski definition) is 1. The first kappa shape index (κ1) is 12.4. The second kappa shape index (κ2) is 6.02. The highest BCUT2D eigenvalue weighted by atomic mass is 15.2. The van der Waals surface area contributed by atoms with Crippen molar-refractivity contribution in [3.63, 3.8) is 0 Å². The zero-order valence-corrected chi connectivity index (χ0v) is 11.0. The standard InChI is InChI=1S/C14H28N2/c1-3-10-15-12-8-9-14(11-12)16(2)13-6-4-5-7-13/h12-15H,3-11H2,1-2H3. The Bertz CT molecular complexity index is 199. The fourth-order valence-electron chi connectivity index (χ4n) is 3.47. The molecule has 0 saturated heterocycles. The van der Waals surface area contributed by atoms with Crippen LogP contribution in [0.5, 0.6) is 0 Å². The molecule has 16 heavy (non-hydrogen) atoms. The molecule has 2 aliphatic carbocycles. The molecule has 0 aromatic carbocycles. The summed E-state index contributed by atoms with van der Waals surface area (Å²) in [6, 6.07) is 2.56. The Labute approximate surface area is 101 Å². The molecule has 2 aliphatic rings. The molecule has 1 N–H and O–H groups in total. The molecule has 0 radical (unpaired) electrons. The van der Waals surface area contributed by atoms with Gasteiger partial charge in [0.15, 0.2) is 0 Å². The van der Waals surface area contributed by atoms with Crippen LogP contribution in [0.25, 0.3) is 0 Å². The van der Waals surface area contributed by atoms with Crippen molar-refractivity contribution in [1.82, 2.24) is 10.2 Å². The smallest absolute Gasteiger partial charge is 0.0110 e. The van der Waals surface area contributed by atoms with E-state index in [1.165, 1.54) is 57.9 Å². The van der Waals surface area contributed by atoms with Crippen molar-refractivity contribution in [1.29, 1.82) is 0 Å². The molecule has 2 unspecified atom stereocenters. The highest BCUT2D eigenvalue weighted by Gasteiger charge is 2.31. The topological polar surface area (TPSA) is 15.3 Å². The summed E-state index contributed by atoms with van der Waals surface area (Å²) >= 11 is 0. The summed E-state index contributed by atoms with van der Waals surface area (Å²) in [6.45, 7) is 3.45. The molecule has 0 aromatic rings. The molecule has 0 aliphatic heterocycles. The monoisotopic (exact) mass is 224 g/mol. The predicted octanol–water partition coefficient (Wildman–Crippen LogP) is 2.78. The van der Waals surface area contributed by atoms with Gasteiger partial charge in [-0.15, -0.1) is 0 Å². The minimum Gasteiger partial charge on any atom is -0.314 e. The average molecular weight is 224 g/mol. The maximum Gasteiger partial charge on any atom is 0.0110 e. The van der Waals surface area contributed by atoms with E-state index >= 15 is 0 Å². The molecular formula is C14H28N2. The van der Waals surface area contributed by atoms with E-state index in [9.17, 15) is 0 Å². The van der Waals surface area contributed by atoms with Gasteiger partial charge in [0.2, 0.25) is 0 Å². The lowest BCUT2D eigenvalue weighted by Crippen LogP contribution is -2.38. The van der Waals surface area contributed by atoms with Crippen molar-refractivity contribution < 1.29 is 0 Å². The van der Waals surface area contributed by atoms with Crippen LogP contribution in [0.4, 0.5) is 0 Å². The van der Waals surface area contributed by atoms with Gasteiger partial charge < -0.3 is 10.2 Å². The summed E-state index contributed by atoms with van der Waals surface area (Å²) in [4.78, 5) is 2.70. The Balaban J connectivity index is 1.74. The van der Waals surface area contributed by atoms with Gasteiger partial charge in [-0.2, -0.15) is 0 Å². The lowest BCUT2D eigenvalue weighted by Gasteiger charge is -2.30. The molecule has 0 aromatic heterocycles. The predicted molar refractivity (Wildman–Crippen MR) is 69.7 cm³/mol. The lowest BCUT2D eigenvalue weighted by atomic mass is 10.1. The third-order valence-corrected chi connectivity index (χ3v) is 4.56. The minimum atomic E-state index is 0.800. The molecule has 94 valence electrons. The second-order valence-electron chi connectivity index (χ2n) is 5.72. The Morgan fingerprint density at radius 3 is 2.50 bits per heavy atom. The van der Waals surface area contributed by atoms with Crippen LogP contribution in [0, 0.1) is 0 Å². The highest BCUT2D eigenvalue weighted by molar-refractivity contribution is 4.89. The van der Waals surface area contributed by atoms with Crippen molar-refractivity contribution in [2.24, 2.45) is 0 Å². The summed E-state index contributed by atoms with van der Waals surface area (Å²) in [5.41, 5.74) is 0. The Hall–Kier alpha value is -0.0800. The van der Waals surface area contributed by atoms with Crippen LogP contribution >= 0.6 is 0 Å². The van der Waals surface area contributed by atoms with Gasteiger partial charge in [0.1, 0.15) is 0 Å². The largest absolute Gasteiger partial charge is 0.314 e. The van der Waals surface area contributed by atoms with E-state index in [1.807, 2.05) is 0 Å². The van der Waals surface area contributed by atoms with Gasteiger partial charge in [0.05, 0.1) is 0 Å². The third-order valence-electron chi connectivity index (χ3n) is 4.56. The normalized spacial score (nSPS) is 31.7. The van der Waals surface area contributed by atoms with Crippen molar-refractivity contribution in [3.8, 4) is 0 Å². The average Bonchev–Trinajstić information content (AvgIpc) is 2.96. The van der Waals surface area contributed by atoms with E-state index in [-0.39, 0.29) is 0 Å². The Morgan fingerprint density at radius 2 is 1.81 bits per heavy atom. The Kier molecular flexibility index (Phi) is 4.66. The fourth-order valence-corrected chi connectivity index (χ4v) is 3.47. The zero-order chi connectivity index (χ0) is 11.4. The van der Waals surface area contributed by atoms with Crippen LogP contribution in [0.3, 0.4) is 0 Å². The maximum absolute atomic E-state index is 3.68. The van der Waals surface area contributed by atoms with E-state index in [4.69, 9.17) is 0 Å². The van der Waals surface area contributed by atoms with E-state index in [2.05, 4.69) is 24.2 Å². The number of nitrogens with one attached hydrogen (secondary N) is 1. The third kappa shape index (κ3) is 2.98. The molecule has 2 fully saturated rings.